The van der Waals surface area contributed by atoms with Crippen LogP contribution in [-0.2, 0) is 15.1 Å². The van der Waals surface area contributed by atoms with Crippen molar-refractivity contribution in [3.05, 3.63) is 63.6 Å². The SMILES string of the molecule is CN(C)C(=O)c1cccc(NC(=O)CN2C(=O)NC(C)(c3ccc(Cl)cc3Cl)C2=O)c1. The summed E-state index contributed by atoms with van der Waals surface area (Å²) in [6, 6.07) is 10.2. The number of halogens is 2. The summed E-state index contributed by atoms with van der Waals surface area (Å²) < 4.78 is 0. The summed E-state index contributed by atoms with van der Waals surface area (Å²) >= 11 is 12.1. The van der Waals surface area contributed by atoms with Crippen LogP contribution in [0.2, 0.25) is 10.0 Å². The molecule has 0 saturated carbocycles. The molecule has 5 amide bonds. The third-order valence-corrected chi connectivity index (χ3v) is 5.39. The minimum absolute atomic E-state index is 0.220. The molecule has 2 aromatic carbocycles. The van der Waals surface area contributed by atoms with E-state index in [1.807, 2.05) is 0 Å². The number of benzene rings is 2. The number of rotatable bonds is 5. The van der Waals surface area contributed by atoms with E-state index in [9.17, 15) is 19.2 Å². The van der Waals surface area contributed by atoms with Gasteiger partial charge in [0.05, 0.1) is 0 Å². The van der Waals surface area contributed by atoms with Crippen molar-refractivity contribution >= 4 is 52.6 Å². The molecule has 10 heteroatoms. The number of amides is 5. The third kappa shape index (κ3) is 4.50. The van der Waals surface area contributed by atoms with Gasteiger partial charge in [-0.3, -0.25) is 19.3 Å². The van der Waals surface area contributed by atoms with Gasteiger partial charge in [-0.25, -0.2) is 4.79 Å². The van der Waals surface area contributed by atoms with E-state index in [4.69, 9.17) is 23.2 Å². The van der Waals surface area contributed by atoms with Crippen LogP contribution >= 0.6 is 23.2 Å². The first-order chi connectivity index (χ1) is 14.5. The molecule has 8 nitrogen and oxygen atoms in total. The van der Waals surface area contributed by atoms with Gasteiger partial charge in [0.1, 0.15) is 12.1 Å². The van der Waals surface area contributed by atoms with Gasteiger partial charge in [-0.05, 0) is 37.3 Å². The molecule has 0 bridgehead atoms. The Balaban J connectivity index is 1.75. The predicted molar refractivity (Wildman–Crippen MR) is 117 cm³/mol. The van der Waals surface area contributed by atoms with Crippen LogP contribution in [0.4, 0.5) is 10.5 Å². The number of hydrogen-bond acceptors (Lipinski definition) is 4. The number of nitrogens with one attached hydrogen (secondary N) is 2. The van der Waals surface area contributed by atoms with Gasteiger partial charge in [-0.1, -0.05) is 35.3 Å². The van der Waals surface area contributed by atoms with Crippen molar-refractivity contribution in [3.8, 4) is 0 Å². The van der Waals surface area contributed by atoms with E-state index in [1.54, 1.807) is 44.4 Å². The molecule has 3 rings (SSSR count). The largest absolute Gasteiger partial charge is 0.345 e. The van der Waals surface area contributed by atoms with Crippen LogP contribution in [0.25, 0.3) is 0 Å². The first-order valence-corrected chi connectivity index (χ1v) is 9.99. The summed E-state index contributed by atoms with van der Waals surface area (Å²) in [5.41, 5.74) is -0.303. The fraction of sp³-hybridized carbons (Fsp3) is 0.238. The molecule has 1 saturated heterocycles. The van der Waals surface area contributed by atoms with Crippen molar-refractivity contribution in [2.75, 3.05) is 26.0 Å². The van der Waals surface area contributed by atoms with Crippen LogP contribution in [0, 0.1) is 0 Å². The van der Waals surface area contributed by atoms with Crippen molar-refractivity contribution in [2.45, 2.75) is 12.5 Å². The Kier molecular flexibility index (Phi) is 6.24. The molecule has 31 heavy (non-hydrogen) atoms. The summed E-state index contributed by atoms with van der Waals surface area (Å²) in [5, 5.41) is 5.80. The highest BCUT2D eigenvalue weighted by atomic mass is 35.5. The molecule has 1 unspecified atom stereocenters. The molecular weight excluding hydrogens is 443 g/mol. The predicted octanol–water partition coefficient (Wildman–Crippen LogP) is 3.10. The van der Waals surface area contributed by atoms with Crippen molar-refractivity contribution in [1.29, 1.82) is 0 Å². The van der Waals surface area contributed by atoms with Crippen molar-refractivity contribution in [3.63, 3.8) is 0 Å². The lowest BCUT2D eigenvalue weighted by Gasteiger charge is -2.23. The lowest BCUT2D eigenvalue weighted by atomic mass is 9.92. The Bertz CT molecular complexity index is 1090. The molecule has 1 fully saturated rings. The lowest BCUT2D eigenvalue weighted by molar-refractivity contribution is -0.133. The van der Waals surface area contributed by atoms with E-state index in [1.165, 1.54) is 24.0 Å². The Morgan fingerprint density at radius 1 is 1.13 bits per heavy atom. The van der Waals surface area contributed by atoms with Gasteiger partial charge in [0.2, 0.25) is 5.91 Å². The molecule has 0 radical (unpaired) electrons. The van der Waals surface area contributed by atoms with Gasteiger partial charge in [-0.2, -0.15) is 0 Å². The summed E-state index contributed by atoms with van der Waals surface area (Å²) in [5.74, 6) is -1.43. The summed E-state index contributed by atoms with van der Waals surface area (Å²) in [7, 11) is 3.24. The Labute approximate surface area is 189 Å². The Morgan fingerprint density at radius 2 is 1.84 bits per heavy atom. The highest BCUT2D eigenvalue weighted by molar-refractivity contribution is 6.35. The summed E-state index contributed by atoms with van der Waals surface area (Å²) in [6.07, 6.45) is 0. The van der Waals surface area contributed by atoms with Crippen molar-refractivity contribution in [1.82, 2.24) is 15.1 Å². The normalized spacial score (nSPS) is 18.0. The highest BCUT2D eigenvalue weighted by Crippen LogP contribution is 2.34. The number of imide groups is 1. The van der Waals surface area contributed by atoms with E-state index in [0.29, 0.717) is 21.8 Å². The second-order valence-electron chi connectivity index (χ2n) is 7.40. The average molecular weight is 463 g/mol. The first kappa shape index (κ1) is 22.6. The first-order valence-electron chi connectivity index (χ1n) is 9.24. The standard InChI is InChI=1S/C21H20Cl2N4O4/c1-21(15-8-7-13(22)10-16(15)23)19(30)27(20(31)25-21)11-17(28)24-14-6-4-5-12(9-14)18(29)26(2)3/h4-10H,11H2,1-3H3,(H,24,28)(H,25,31). The number of hydrogen-bond donors (Lipinski definition) is 2. The van der Waals surface area contributed by atoms with Crippen molar-refractivity contribution in [2.24, 2.45) is 0 Å². The lowest BCUT2D eigenvalue weighted by Crippen LogP contribution is -2.42. The maximum absolute atomic E-state index is 13.0. The van der Waals surface area contributed by atoms with Gasteiger partial charge < -0.3 is 15.5 Å². The van der Waals surface area contributed by atoms with Crippen LogP contribution < -0.4 is 10.6 Å². The molecule has 2 aromatic rings. The number of carbonyl (C=O) groups is 4. The Morgan fingerprint density at radius 3 is 2.48 bits per heavy atom. The van der Waals surface area contributed by atoms with Crippen LogP contribution in [0.3, 0.4) is 0 Å². The van der Waals surface area contributed by atoms with Crippen LogP contribution in [0.5, 0.6) is 0 Å². The molecule has 1 heterocycles. The number of carbonyl (C=O) groups excluding carboxylic acids is 4. The monoisotopic (exact) mass is 462 g/mol. The molecule has 0 aliphatic carbocycles. The van der Waals surface area contributed by atoms with E-state index in [-0.39, 0.29) is 10.9 Å². The van der Waals surface area contributed by atoms with Crippen LogP contribution in [0.1, 0.15) is 22.8 Å². The maximum atomic E-state index is 13.0. The second-order valence-corrected chi connectivity index (χ2v) is 8.24. The fourth-order valence-corrected chi connectivity index (χ4v) is 3.85. The summed E-state index contributed by atoms with van der Waals surface area (Å²) in [6.45, 7) is 1.01. The molecule has 1 aliphatic rings. The third-order valence-electron chi connectivity index (χ3n) is 4.85. The van der Waals surface area contributed by atoms with Crippen molar-refractivity contribution < 1.29 is 19.2 Å². The molecule has 1 aliphatic heterocycles. The van der Waals surface area contributed by atoms with Gasteiger partial charge in [0, 0.05) is 41.0 Å². The highest BCUT2D eigenvalue weighted by Gasteiger charge is 2.50. The van der Waals surface area contributed by atoms with Gasteiger partial charge in [0.15, 0.2) is 0 Å². The van der Waals surface area contributed by atoms with E-state index in [0.717, 1.165) is 4.90 Å². The van der Waals surface area contributed by atoms with Gasteiger partial charge in [0.25, 0.3) is 11.8 Å². The van der Waals surface area contributed by atoms with Gasteiger partial charge in [-0.15, -0.1) is 0 Å². The zero-order chi connectivity index (χ0) is 22.9. The average Bonchev–Trinajstić information content (AvgIpc) is 2.91. The quantitative estimate of drug-likeness (QED) is 0.666. The smallest absolute Gasteiger partial charge is 0.325 e. The topological polar surface area (TPSA) is 98.8 Å². The summed E-state index contributed by atoms with van der Waals surface area (Å²) in [4.78, 5) is 52.3. The molecular formula is C21H20Cl2N4O4. The van der Waals surface area contributed by atoms with E-state index >= 15 is 0 Å². The fourth-order valence-electron chi connectivity index (χ4n) is 3.25. The van der Waals surface area contributed by atoms with Gasteiger partial charge >= 0.3 is 6.03 Å². The van der Waals surface area contributed by atoms with E-state index < -0.39 is 29.9 Å². The number of nitrogens with zero attached hydrogens (tertiary/aromatic N) is 2. The minimum Gasteiger partial charge on any atom is -0.345 e. The number of anilines is 1. The molecule has 0 aromatic heterocycles. The molecule has 0 spiro atoms. The molecule has 2 N–H and O–H groups in total. The molecule has 162 valence electrons. The zero-order valence-electron chi connectivity index (χ0n) is 17.0. The van der Waals surface area contributed by atoms with Crippen LogP contribution in [-0.4, -0.2) is 54.2 Å². The Hall–Kier alpha value is -3.10. The zero-order valence-corrected chi connectivity index (χ0v) is 18.5. The maximum Gasteiger partial charge on any atom is 0.325 e. The minimum atomic E-state index is -1.43. The molecule has 1 atom stereocenters. The van der Waals surface area contributed by atoms with Crippen LogP contribution in [0.15, 0.2) is 42.5 Å². The second kappa shape index (κ2) is 8.56. The number of urea groups is 1. The van der Waals surface area contributed by atoms with E-state index in [2.05, 4.69) is 10.6 Å².